The van der Waals surface area contributed by atoms with Crippen molar-refractivity contribution in [3.63, 3.8) is 0 Å². The van der Waals surface area contributed by atoms with Crippen molar-refractivity contribution in [3.05, 3.63) is 18.1 Å². The summed E-state index contributed by atoms with van der Waals surface area (Å²) in [4.78, 5) is 19.0. The second kappa shape index (κ2) is 6.77. The molecule has 7 nitrogen and oxygen atoms in total. The first kappa shape index (κ1) is 13.3. The number of nitrogens with one attached hydrogen (secondary N) is 1. The van der Waals surface area contributed by atoms with Crippen molar-refractivity contribution in [2.45, 2.75) is 6.10 Å². The van der Waals surface area contributed by atoms with Crippen molar-refractivity contribution in [2.75, 3.05) is 32.7 Å². The summed E-state index contributed by atoms with van der Waals surface area (Å²) in [6.45, 7) is 0.476. The number of carbonyl (C=O) groups is 1. The molecule has 0 amide bonds. The number of anilines is 1. The van der Waals surface area contributed by atoms with Gasteiger partial charge in [-0.05, 0) is 0 Å². The van der Waals surface area contributed by atoms with E-state index in [2.05, 4.69) is 20.0 Å². The number of aliphatic hydroxyl groups excluding tert-OH is 1. The SMILES string of the molecule is COCC(O)CNc1cncc(C(=O)OC)n1. The van der Waals surface area contributed by atoms with Crippen LogP contribution in [-0.2, 0) is 9.47 Å². The number of ether oxygens (including phenoxy) is 2. The minimum absolute atomic E-state index is 0.110. The zero-order valence-corrected chi connectivity index (χ0v) is 9.71. The number of esters is 1. The summed E-state index contributed by atoms with van der Waals surface area (Å²) in [5.74, 6) is -0.165. The average Bonchev–Trinajstić information content (AvgIpc) is 2.36. The van der Waals surface area contributed by atoms with E-state index >= 15 is 0 Å². The molecule has 1 unspecified atom stereocenters. The Hall–Kier alpha value is -1.73. The van der Waals surface area contributed by atoms with E-state index in [1.165, 1.54) is 26.6 Å². The normalized spacial score (nSPS) is 11.9. The highest BCUT2D eigenvalue weighted by Gasteiger charge is 2.09. The zero-order chi connectivity index (χ0) is 12.7. The lowest BCUT2D eigenvalue weighted by Gasteiger charge is -2.11. The van der Waals surface area contributed by atoms with Gasteiger partial charge in [0.05, 0.1) is 32.2 Å². The van der Waals surface area contributed by atoms with E-state index in [0.717, 1.165) is 0 Å². The van der Waals surface area contributed by atoms with Crippen LogP contribution in [0, 0.1) is 0 Å². The van der Waals surface area contributed by atoms with Crippen molar-refractivity contribution in [2.24, 2.45) is 0 Å². The van der Waals surface area contributed by atoms with Crippen molar-refractivity contribution in [1.29, 1.82) is 0 Å². The highest BCUT2D eigenvalue weighted by Crippen LogP contribution is 2.03. The van der Waals surface area contributed by atoms with Gasteiger partial charge in [-0.3, -0.25) is 4.98 Å². The van der Waals surface area contributed by atoms with Crippen molar-refractivity contribution >= 4 is 11.8 Å². The van der Waals surface area contributed by atoms with E-state index in [0.29, 0.717) is 5.82 Å². The van der Waals surface area contributed by atoms with Gasteiger partial charge < -0.3 is 19.9 Å². The molecule has 17 heavy (non-hydrogen) atoms. The molecule has 1 rings (SSSR count). The van der Waals surface area contributed by atoms with Crippen LogP contribution in [0.15, 0.2) is 12.4 Å². The predicted octanol–water partition coefficient (Wildman–Crippen LogP) is -0.318. The highest BCUT2D eigenvalue weighted by molar-refractivity contribution is 5.87. The summed E-state index contributed by atoms with van der Waals surface area (Å²) in [5, 5.41) is 12.2. The molecule has 0 spiro atoms. The molecule has 0 aliphatic heterocycles. The second-order valence-corrected chi connectivity index (χ2v) is 3.27. The van der Waals surface area contributed by atoms with Crippen LogP contribution in [0.25, 0.3) is 0 Å². The van der Waals surface area contributed by atoms with Crippen molar-refractivity contribution < 1.29 is 19.4 Å². The first-order valence-electron chi connectivity index (χ1n) is 4.98. The Bertz CT molecular complexity index is 372. The summed E-state index contributed by atoms with van der Waals surface area (Å²) >= 11 is 0. The van der Waals surface area contributed by atoms with Gasteiger partial charge in [-0.15, -0.1) is 0 Å². The lowest BCUT2D eigenvalue weighted by molar-refractivity contribution is 0.0593. The monoisotopic (exact) mass is 241 g/mol. The molecule has 94 valence electrons. The highest BCUT2D eigenvalue weighted by atomic mass is 16.5. The van der Waals surface area contributed by atoms with Crippen LogP contribution in [0.2, 0.25) is 0 Å². The van der Waals surface area contributed by atoms with Crippen molar-refractivity contribution in [1.82, 2.24) is 9.97 Å². The number of hydrogen-bond donors (Lipinski definition) is 2. The van der Waals surface area contributed by atoms with Gasteiger partial charge in [0, 0.05) is 13.7 Å². The molecule has 7 heteroatoms. The third-order valence-electron chi connectivity index (χ3n) is 1.91. The quantitative estimate of drug-likeness (QED) is 0.659. The molecule has 1 heterocycles. The van der Waals surface area contributed by atoms with Gasteiger partial charge in [-0.25, -0.2) is 9.78 Å². The largest absolute Gasteiger partial charge is 0.464 e. The molecule has 0 radical (unpaired) electrons. The van der Waals surface area contributed by atoms with Crippen LogP contribution in [0.5, 0.6) is 0 Å². The third kappa shape index (κ3) is 4.33. The molecule has 0 saturated heterocycles. The predicted molar refractivity (Wildman–Crippen MR) is 59.7 cm³/mol. The number of aliphatic hydroxyl groups is 1. The first-order valence-corrected chi connectivity index (χ1v) is 4.98. The molecule has 1 aromatic heterocycles. The molecular weight excluding hydrogens is 226 g/mol. The summed E-state index contributed by atoms with van der Waals surface area (Å²) in [5.41, 5.74) is 0.110. The molecule has 0 aliphatic rings. The average molecular weight is 241 g/mol. The Kier molecular flexibility index (Phi) is 5.31. The summed E-state index contributed by atoms with van der Waals surface area (Å²) in [6, 6.07) is 0. The topological polar surface area (TPSA) is 93.6 Å². The van der Waals surface area contributed by atoms with E-state index < -0.39 is 12.1 Å². The van der Waals surface area contributed by atoms with Gasteiger partial charge in [-0.2, -0.15) is 0 Å². The van der Waals surface area contributed by atoms with E-state index in [9.17, 15) is 9.90 Å². The molecule has 0 bridgehead atoms. The van der Waals surface area contributed by atoms with Gasteiger partial charge in [0.1, 0.15) is 5.82 Å². The number of aromatic nitrogens is 2. The van der Waals surface area contributed by atoms with Gasteiger partial charge in [0.2, 0.25) is 0 Å². The fourth-order valence-electron chi connectivity index (χ4n) is 1.13. The first-order chi connectivity index (χ1) is 8.17. The Morgan fingerprint density at radius 1 is 1.53 bits per heavy atom. The van der Waals surface area contributed by atoms with Crippen molar-refractivity contribution in [3.8, 4) is 0 Å². The number of methoxy groups -OCH3 is 2. The maximum absolute atomic E-state index is 11.2. The number of hydrogen-bond acceptors (Lipinski definition) is 7. The van der Waals surface area contributed by atoms with E-state index in [4.69, 9.17) is 4.74 Å². The van der Waals surface area contributed by atoms with Crippen LogP contribution < -0.4 is 5.32 Å². The lowest BCUT2D eigenvalue weighted by Crippen LogP contribution is -2.24. The standard InChI is InChI=1S/C10H15N3O4/c1-16-6-7(14)3-12-9-5-11-4-8(13-9)10(15)17-2/h4-5,7,14H,3,6H2,1-2H3,(H,12,13). The van der Waals surface area contributed by atoms with Gasteiger partial charge in [-0.1, -0.05) is 0 Å². The van der Waals surface area contributed by atoms with Gasteiger partial charge >= 0.3 is 5.97 Å². The fraction of sp³-hybridized carbons (Fsp3) is 0.500. The molecule has 2 N–H and O–H groups in total. The Morgan fingerprint density at radius 3 is 2.94 bits per heavy atom. The van der Waals surface area contributed by atoms with E-state index in [1.807, 2.05) is 0 Å². The molecule has 0 aromatic carbocycles. The Balaban J connectivity index is 2.57. The molecule has 0 saturated carbocycles. The summed E-state index contributed by atoms with van der Waals surface area (Å²) in [7, 11) is 2.77. The lowest BCUT2D eigenvalue weighted by atomic mass is 10.4. The third-order valence-corrected chi connectivity index (χ3v) is 1.91. The molecule has 0 aliphatic carbocycles. The van der Waals surface area contributed by atoms with E-state index in [-0.39, 0.29) is 18.8 Å². The van der Waals surface area contributed by atoms with Crippen LogP contribution in [0.1, 0.15) is 10.5 Å². The smallest absolute Gasteiger partial charge is 0.358 e. The minimum atomic E-state index is -0.649. The van der Waals surface area contributed by atoms with Gasteiger partial charge in [0.25, 0.3) is 0 Å². The zero-order valence-electron chi connectivity index (χ0n) is 9.71. The van der Waals surface area contributed by atoms with Crippen LogP contribution in [-0.4, -0.2) is 54.5 Å². The maximum atomic E-state index is 11.2. The molecule has 1 aromatic rings. The molecule has 1 atom stereocenters. The molecular formula is C10H15N3O4. The fourth-order valence-corrected chi connectivity index (χ4v) is 1.13. The minimum Gasteiger partial charge on any atom is -0.464 e. The van der Waals surface area contributed by atoms with Crippen LogP contribution >= 0.6 is 0 Å². The number of rotatable bonds is 6. The summed E-state index contributed by atoms with van der Waals surface area (Å²) in [6.07, 6.45) is 2.11. The Morgan fingerprint density at radius 2 is 2.29 bits per heavy atom. The maximum Gasteiger partial charge on any atom is 0.358 e. The summed E-state index contributed by atoms with van der Waals surface area (Å²) < 4.78 is 9.29. The van der Waals surface area contributed by atoms with Gasteiger partial charge in [0.15, 0.2) is 5.69 Å². The van der Waals surface area contributed by atoms with Crippen LogP contribution in [0.4, 0.5) is 5.82 Å². The van der Waals surface area contributed by atoms with Crippen LogP contribution in [0.3, 0.4) is 0 Å². The molecule has 0 fully saturated rings. The number of nitrogens with zero attached hydrogens (tertiary/aromatic N) is 2. The van der Waals surface area contributed by atoms with E-state index in [1.54, 1.807) is 0 Å². The number of carbonyl (C=O) groups excluding carboxylic acids is 1. The Labute approximate surface area is 98.8 Å². The second-order valence-electron chi connectivity index (χ2n) is 3.27.